The summed E-state index contributed by atoms with van der Waals surface area (Å²) in [6, 6.07) is 0.343. The van der Waals surface area contributed by atoms with Crippen molar-refractivity contribution in [2.45, 2.75) is 19.4 Å². The molecule has 11 heavy (non-hydrogen) atoms. The second-order valence-electron chi connectivity index (χ2n) is 3.03. The number of hydrogen-bond donors (Lipinski definition) is 2. The molecule has 1 aliphatic rings. The fourth-order valence-electron chi connectivity index (χ4n) is 1.52. The van der Waals surface area contributed by atoms with Crippen LogP contribution in [0.25, 0.3) is 0 Å². The SMILES string of the molecule is C=C(C(N)=O)[C@@H]1CCNC1C. The van der Waals surface area contributed by atoms with Crippen molar-refractivity contribution in [3.63, 3.8) is 0 Å². The molecule has 0 saturated carbocycles. The molecule has 0 aliphatic carbocycles. The summed E-state index contributed by atoms with van der Waals surface area (Å²) in [6.45, 7) is 6.68. The molecule has 1 amide bonds. The van der Waals surface area contributed by atoms with Crippen LogP contribution in [0.4, 0.5) is 0 Å². The lowest BCUT2D eigenvalue weighted by Gasteiger charge is -2.14. The van der Waals surface area contributed by atoms with E-state index in [1.54, 1.807) is 0 Å². The monoisotopic (exact) mass is 154 g/mol. The molecule has 3 nitrogen and oxygen atoms in total. The summed E-state index contributed by atoms with van der Waals surface area (Å²) < 4.78 is 0. The summed E-state index contributed by atoms with van der Waals surface area (Å²) in [5.74, 6) is -0.127. The van der Waals surface area contributed by atoms with Crippen LogP contribution in [-0.4, -0.2) is 18.5 Å². The molecule has 1 aliphatic heterocycles. The Labute approximate surface area is 66.6 Å². The third-order valence-electron chi connectivity index (χ3n) is 2.29. The number of carbonyl (C=O) groups excluding carboxylic acids is 1. The lowest BCUT2D eigenvalue weighted by Crippen LogP contribution is -2.28. The van der Waals surface area contributed by atoms with Crippen molar-refractivity contribution < 1.29 is 4.79 Å². The van der Waals surface area contributed by atoms with Crippen LogP contribution in [0, 0.1) is 5.92 Å². The van der Waals surface area contributed by atoms with E-state index in [9.17, 15) is 4.79 Å². The highest BCUT2D eigenvalue weighted by atomic mass is 16.1. The van der Waals surface area contributed by atoms with E-state index < -0.39 is 0 Å². The molecule has 0 spiro atoms. The van der Waals surface area contributed by atoms with Gasteiger partial charge in [0.05, 0.1) is 0 Å². The minimum atomic E-state index is -0.370. The molecule has 1 fully saturated rings. The van der Waals surface area contributed by atoms with Crippen LogP contribution in [0.3, 0.4) is 0 Å². The van der Waals surface area contributed by atoms with E-state index in [4.69, 9.17) is 5.73 Å². The van der Waals surface area contributed by atoms with Crippen LogP contribution >= 0.6 is 0 Å². The van der Waals surface area contributed by atoms with Gasteiger partial charge >= 0.3 is 0 Å². The number of rotatable bonds is 2. The fourth-order valence-corrected chi connectivity index (χ4v) is 1.52. The van der Waals surface area contributed by atoms with Gasteiger partial charge in [0.2, 0.25) is 5.91 Å². The molecule has 1 saturated heterocycles. The van der Waals surface area contributed by atoms with Gasteiger partial charge in [-0.25, -0.2) is 0 Å². The average molecular weight is 154 g/mol. The molecule has 1 rings (SSSR count). The Kier molecular flexibility index (Phi) is 2.29. The number of hydrogen-bond acceptors (Lipinski definition) is 2. The minimum Gasteiger partial charge on any atom is -0.366 e. The highest BCUT2D eigenvalue weighted by Crippen LogP contribution is 2.21. The zero-order valence-corrected chi connectivity index (χ0v) is 6.76. The summed E-state index contributed by atoms with van der Waals surface area (Å²) in [7, 11) is 0. The first-order valence-corrected chi connectivity index (χ1v) is 3.85. The Balaban J connectivity index is 2.60. The van der Waals surface area contributed by atoms with E-state index in [0.717, 1.165) is 13.0 Å². The Bertz CT molecular complexity index is 189. The minimum absolute atomic E-state index is 0.243. The van der Waals surface area contributed by atoms with Gasteiger partial charge in [-0.15, -0.1) is 0 Å². The van der Waals surface area contributed by atoms with Crippen LogP contribution in [0.5, 0.6) is 0 Å². The third kappa shape index (κ3) is 1.60. The van der Waals surface area contributed by atoms with Crippen molar-refractivity contribution in [1.82, 2.24) is 5.32 Å². The van der Waals surface area contributed by atoms with Gasteiger partial charge in [-0.2, -0.15) is 0 Å². The number of primary amides is 1. The summed E-state index contributed by atoms with van der Waals surface area (Å²) in [6.07, 6.45) is 0.975. The number of amides is 1. The van der Waals surface area contributed by atoms with Crippen molar-refractivity contribution in [2.75, 3.05) is 6.54 Å². The topological polar surface area (TPSA) is 55.1 Å². The smallest absolute Gasteiger partial charge is 0.244 e. The van der Waals surface area contributed by atoms with Crippen LogP contribution in [0.1, 0.15) is 13.3 Å². The van der Waals surface area contributed by atoms with E-state index in [-0.39, 0.29) is 11.8 Å². The van der Waals surface area contributed by atoms with E-state index in [1.165, 1.54) is 0 Å². The van der Waals surface area contributed by atoms with Crippen molar-refractivity contribution in [3.05, 3.63) is 12.2 Å². The number of nitrogens with one attached hydrogen (secondary N) is 1. The predicted octanol–water partition coefficient (Wildman–Crippen LogP) is 0.0259. The molecular formula is C8H14N2O. The molecule has 0 radical (unpaired) electrons. The van der Waals surface area contributed by atoms with Crippen LogP contribution < -0.4 is 11.1 Å². The zero-order chi connectivity index (χ0) is 8.43. The molecular weight excluding hydrogens is 140 g/mol. The highest BCUT2D eigenvalue weighted by molar-refractivity contribution is 5.91. The van der Waals surface area contributed by atoms with Gasteiger partial charge in [-0.1, -0.05) is 6.58 Å². The second-order valence-corrected chi connectivity index (χ2v) is 3.03. The third-order valence-corrected chi connectivity index (χ3v) is 2.29. The summed E-state index contributed by atoms with van der Waals surface area (Å²) in [5, 5.41) is 3.24. The Morgan fingerprint density at radius 2 is 2.36 bits per heavy atom. The van der Waals surface area contributed by atoms with Crippen LogP contribution in [0.15, 0.2) is 12.2 Å². The van der Waals surface area contributed by atoms with Gasteiger partial charge in [0.1, 0.15) is 0 Å². The molecule has 2 atom stereocenters. The highest BCUT2D eigenvalue weighted by Gasteiger charge is 2.27. The first kappa shape index (κ1) is 8.27. The molecule has 0 bridgehead atoms. The molecule has 0 aromatic rings. The molecule has 0 aromatic heterocycles. The van der Waals surface area contributed by atoms with Gasteiger partial charge < -0.3 is 11.1 Å². The number of nitrogens with two attached hydrogens (primary N) is 1. The van der Waals surface area contributed by atoms with Gasteiger partial charge in [0.25, 0.3) is 0 Å². The Morgan fingerprint density at radius 1 is 1.73 bits per heavy atom. The van der Waals surface area contributed by atoms with Gasteiger partial charge in [0.15, 0.2) is 0 Å². The van der Waals surface area contributed by atoms with E-state index in [0.29, 0.717) is 11.6 Å². The molecule has 1 heterocycles. The van der Waals surface area contributed by atoms with E-state index >= 15 is 0 Å². The van der Waals surface area contributed by atoms with Crippen molar-refractivity contribution in [3.8, 4) is 0 Å². The standard InChI is InChI=1S/C8H14N2O/c1-5(8(9)11)7-3-4-10-6(7)2/h6-7,10H,1,3-4H2,2H3,(H2,9,11)/t6?,7-/m0/s1. The van der Waals surface area contributed by atoms with Crippen molar-refractivity contribution in [2.24, 2.45) is 11.7 Å². The average Bonchev–Trinajstić information content (AvgIpc) is 2.33. The fraction of sp³-hybridized carbons (Fsp3) is 0.625. The maximum Gasteiger partial charge on any atom is 0.244 e. The first-order chi connectivity index (χ1) is 5.13. The van der Waals surface area contributed by atoms with E-state index in [1.807, 2.05) is 6.92 Å². The molecule has 0 aromatic carbocycles. The summed E-state index contributed by atoms with van der Waals surface area (Å²) in [4.78, 5) is 10.7. The summed E-state index contributed by atoms with van der Waals surface area (Å²) in [5.41, 5.74) is 5.67. The van der Waals surface area contributed by atoms with Crippen molar-refractivity contribution in [1.29, 1.82) is 0 Å². The lowest BCUT2D eigenvalue weighted by molar-refractivity contribution is -0.115. The van der Waals surface area contributed by atoms with E-state index in [2.05, 4.69) is 11.9 Å². The quantitative estimate of drug-likeness (QED) is 0.551. The molecule has 3 heteroatoms. The normalized spacial score (nSPS) is 30.3. The van der Waals surface area contributed by atoms with Crippen LogP contribution in [-0.2, 0) is 4.79 Å². The predicted molar refractivity (Wildman–Crippen MR) is 43.9 cm³/mol. The van der Waals surface area contributed by atoms with Gasteiger partial charge in [-0.05, 0) is 19.9 Å². The maximum absolute atomic E-state index is 10.7. The second kappa shape index (κ2) is 3.05. The number of carbonyl (C=O) groups is 1. The lowest BCUT2D eigenvalue weighted by atomic mass is 9.93. The maximum atomic E-state index is 10.7. The summed E-state index contributed by atoms with van der Waals surface area (Å²) >= 11 is 0. The largest absolute Gasteiger partial charge is 0.366 e. The van der Waals surface area contributed by atoms with Crippen LogP contribution in [0.2, 0.25) is 0 Å². The Morgan fingerprint density at radius 3 is 2.73 bits per heavy atom. The van der Waals surface area contributed by atoms with Gasteiger partial charge in [0, 0.05) is 17.5 Å². The van der Waals surface area contributed by atoms with Gasteiger partial charge in [-0.3, -0.25) is 4.79 Å². The molecule has 3 N–H and O–H groups in total. The Hall–Kier alpha value is -0.830. The molecule has 62 valence electrons. The zero-order valence-electron chi connectivity index (χ0n) is 6.76. The van der Waals surface area contributed by atoms with Crippen molar-refractivity contribution >= 4 is 5.91 Å². The first-order valence-electron chi connectivity index (χ1n) is 3.85. The molecule has 1 unspecified atom stereocenters.